The second-order valence-electron chi connectivity index (χ2n) is 11.6. The van der Waals surface area contributed by atoms with E-state index in [1.54, 1.807) is 45.0 Å². The van der Waals surface area contributed by atoms with Crippen LogP contribution in [-0.4, -0.2) is 99.0 Å². The Labute approximate surface area is 247 Å². The lowest BCUT2D eigenvalue weighted by atomic mass is 10.2. The summed E-state index contributed by atoms with van der Waals surface area (Å²) in [6.07, 6.45) is 3.37. The number of alkyl halides is 2. The van der Waals surface area contributed by atoms with E-state index in [-0.39, 0.29) is 42.6 Å². The van der Waals surface area contributed by atoms with Gasteiger partial charge in [-0.1, -0.05) is 6.92 Å². The average molecular weight is 606 g/mol. The van der Waals surface area contributed by atoms with E-state index >= 15 is 0 Å². The second kappa shape index (κ2) is 13.1. The van der Waals surface area contributed by atoms with Gasteiger partial charge < -0.3 is 35.3 Å². The van der Waals surface area contributed by atoms with Gasteiger partial charge in [-0.15, -0.1) is 0 Å². The molecule has 0 unspecified atom stereocenters. The molecule has 0 bridgehead atoms. The van der Waals surface area contributed by atoms with E-state index in [2.05, 4.69) is 25.6 Å². The number of imidazole rings is 1. The van der Waals surface area contributed by atoms with Crippen LogP contribution < -0.4 is 21.3 Å². The number of nitrogens with two attached hydrogens (primary N) is 1. The maximum Gasteiger partial charge on any atom is 0.410 e. The summed E-state index contributed by atoms with van der Waals surface area (Å²) in [7, 11) is 0. The van der Waals surface area contributed by atoms with Crippen molar-refractivity contribution in [2.75, 3.05) is 42.9 Å². The Bertz CT molecular complexity index is 1420. The van der Waals surface area contributed by atoms with E-state index < -0.39 is 41.8 Å². The van der Waals surface area contributed by atoms with Crippen molar-refractivity contribution in [1.82, 2.24) is 29.6 Å². The van der Waals surface area contributed by atoms with Gasteiger partial charge in [0.1, 0.15) is 17.9 Å². The van der Waals surface area contributed by atoms with E-state index in [0.717, 1.165) is 0 Å². The van der Waals surface area contributed by atoms with E-state index in [1.165, 1.54) is 27.8 Å². The number of halogens is 3. The molecule has 5 heterocycles. The third kappa shape index (κ3) is 8.10. The van der Waals surface area contributed by atoms with Crippen molar-refractivity contribution in [2.45, 2.75) is 64.6 Å². The van der Waals surface area contributed by atoms with Crippen molar-refractivity contribution in [3.05, 3.63) is 47.9 Å². The number of likely N-dealkylation sites (tertiary alicyclic amines) is 1. The summed E-state index contributed by atoms with van der Waals surface area (Å²) in [5.74, 6) is -0.638. The molecule has 12 nitrogen and oxygen atoms in total. The standard InChI is InChI=1S/C19H21F2N7O.C9H17FN2O2/c1-3-22-16-10-28(9-15(16)21)19-23-5-12(6-24-19)18(29)26-13-4-14(20)17-25-11(2)7-27(17)8-13;1-9(2,3)14-8(13)12-4-6(10)7(11)5-12/h4-8,15-16,22H,3,9-10H2,1-2H3,(H,26,29);6-7H,4-5,11H2,1-3H3/t15-,16+;6-,7+/m00/s1. The van der Waals surface area contributed by atoms with Gasteiger partial charge in [0.2, 0.25) is 5.95 Å². The monoisotopic (exact) mass is 605 g/mol. The highest BCUT2D eigenvalue weighted by molar-refractivity contribution is 6.03. The van der Waals surface area contributed by atoms with E-state index in [4.69, 9.17) is 10.5 Å². The molecule has 3 aromatic rings. The summed E-state index contributed by atoms with van der Waals surface area (Å²) in [5, 5.41) is 5.73. The van der Waals surface area contributed by atoms with Crippen molar-refractivity contribution >= 4 is 29.3 Å². The van der Waals surface area contributed by atoms with Gasteiger partial charge in [-0.3, -0.25) is 4.79 Å². The van der Waals surface area contributed by atoms with Gasteiger partial charge in [0.25, 0.3) is 5.91 Å². The number of hydrogen-bond donors (Lipinski definition) is 3. The number of fused-ring (bicyclic) bond motifs is 1. The Hall–Kier alpha value is -3.98. The molecule has 5 rings (SSSR count). The second-order valence-corrected chi connectivity index (χ2v) is 11.6. The molecule has 3 aromatic heterocycles. The fourth-order valence-electron chi connectivity index (χ4n) is 4.70. The summed E-state index contributed by atoms with van der Waals surface area (Å²) in [5.41, 5.74) is 6.27. The first-order chi connectivity index (χ1) is 20.2. The quantitative estimate of drug-likeness (QED) is 0.400. The molecule has 234 valence electrons. The molecule has 2 saturated heterocycles. The van der Waals surface area contributed by atoms with Crippen molar-refractivity contribution in [2.24, 2.45) is 5.73 Å². The SMILES string of the molecule is CC(C)(C)OC(=O)N1C[C@@H](N)[C@@H](F)C1.CCN[C@@H]1CN(c2ncc(C(=O)Nc3cc(F)c4nc(C)cn4c3)cn2)C[C@@H]1F. The van der Waals surface area contributed by atoms with Crippen LogP contribution in [-0.2, 0) is 4.74 Å². The van der Waals surface area contributed by atoms with Gasteiger partial charge in [-0.25, -0.2) is 32.9 Å². The fraction of sp³-hybridized carbons (Fsp3) is 0.536. The number of anilines is 2. The lowest BCUT2D eigenvalue weighted by Crippen LogP contribution is -2.37. The zero-order chi connectivity index (χ0) is 31.5. The van der Waals surface area contributed by atoms with Crippen LogP contribution in [0.1, 0.15) is 43.7 Å². The van der Waals surface area contributed by atoms with E-state index in [9.17, 15) is 22.8 Å². The van der Waals surface area contributed by atoms with E-state index in [0.29, 0.717) is 24.7 Å². The van der Waals surface area contributed by atoms with Crippen LogP contribution in [0, 0.1) is 12.7 Å². The van der Waals surface area contributed by atoms with Crippen molar-refractivity contribution in [1.29, 1.82) is 0 Å². The lowest BCUT2D eigenvalue weighted by molar-refractivity contribution is 0.0283. The van der Waals surface area contributed by atoms with Crippen LogP contribution in [0.15, 0.2) is 30.9 Å². The minimum absolute atomic E-state index is 0.0378. The molecule has 0 radical (unpaired) electrons. The Morgan fingerprint density at radius 2 is 1.79 bits per heavy atom. The zero-order valence-corrected chi connectivity index (χ0v) is 24.9. The lowest BCUT2D eigenvalue weighted by Gasteiger charge is -2.24. The number of nitrogens with one attached hydrogen (secondary N) is 2. The molecule has 4 atom stereocenters. The largest absolute Gasteiger partial charge is 0.444 e. The highest BCUT2D eigenvalue weighted by Crippen LogP contribution is 2.20. The third-order valence-electron chi connectivity index (χ3n) is 6.72. The van der Waals surface area contributed by atoms with Crippen molar-refractivity contribution < 1.29 is 27.5 Å². The van der Waals surface area contributed by atoms with Crippen molar-refractivity contribution in [3.63, 3.8) is 0 Å². The van der Waals surface area contributed by atoms with Gasteiger partial charge >= 0.3 is 6.09 Å². The number of aryl methyl sites for hydroxylation is 1. The molecule has 0 aliphatic carbocycles. The molecule has 15 heteroatoms. The van der Waals surface area contributed by atoms with Gasteiger partial charge in [0, 0.05) is 43.9 Å². The minimum atomic E-state index is -1.14. The predicted octanol–water partition coefficient (Wildman–Crippen LogP) is 2.86. The van der Waals surface area contributed by atoms with E-state index in [1.807, 2.05) is 6.92 Å². The summed E-state index contributed by atoms with van der Waals surface area (Å²) < 4.78 is 47.8. The first-order valence-electron chi connectivity index (χ1n) is 14.0. The molecule has 0 saturated carbocycles. The van der Waals surface area contributed by atoms with Gasteiger partial charge in [0.15, 0.2) is 11.5 Å². The Morgan fingerprint density at radius 3 is 2.40 bits per heavy atom. The van der Waals surface area contributed by atoms with Gasteiger partial charge in [-0.2, -0.15) is 0 Å². The number of rotatable bonds is 5. The van der Waals surface area contributed by atoms with Gasteiger partial charge in [-0.05, 0) is 34.2 Å². The Kier molecular flexibility index (Phi) is 9.75. The molecule has 2 amide bonds. The number of carbonyl (C=O) groups is 2. The zero-order valence-electron chi connectivity index (χ0n) is 24.9. The van der Waals surface area contributed by atoms with Crippen LogP contribution >= 0.6 is 0 Å². The first kappa shape index (κ1) is 31.9. The van der Waals surface area contributed by atoms with Crippen LogP contribution in [0.5, 0.6) is 0 Å². The molecular formula is C28H38F3N9O3. The molecule has 2 aliphatic rings. The van der Waals surface area contributed by atoms with Crippen LogP contribution in [0.2, 0.25) is 0 Å². The highest BCUT2D eigenvalue weighted by Gasteiger charge is 2.35. The number of amides is 2. The smallest absolute Gasteiger partial charge is 0.410 e. The maximum absolute atomic E-state index is 14.2. The number of ether oxygens (including phenoxy) is 1. The molecule has 2 aliphatic heterocycles. The first-order valence-corrected chi connectivity index (χ1v) is 14.0. The summed E-state index contributed by atoms with van der Waals surface area (Å²) in [6.45, 7) is 10.6. The minimum Gasteiger partial charge on any atom is -0.444 e. The molecule has 4 N–H and O–H groups in total. The number of carbonyl (C=O) groups excluding carboxylic acids is 2. The summed E-state index contributed by atoms with van der Waals surface area (Å²) in [6, 6.07) is 0.368. The van der Waals surface area contributed by atoms with Crippen LogP contribution in [0.4, 0.5) is 29.6 Å². The molecular weight excluding hydrogens is 567 g/mol. The van der Waals surface area contributed by atoms with Crippen LogP contribution in [0.25, 0.3) is 5.65 Å². The molecule has 0 aromatic carbocycles. The highest BCUT2D eigenvalue weighted by atomic mass is 19.1. The van der Waals surface area contributed by atoms with Gasteiger partial charge in [0.05, 0.1) is 42.1 Å². The maximum atomic E-state index is 14.2. The summed E-state index contributed by atoms with van der Waals surface area (Å²) in [4.78, 5) is 39.4. The van der Waals surface area contributed by atoms with Crippen LogP contribution in [0.3, 0.4) is 0 Å². The average Bonchev–Trinajstić information content (AvgIpc) is 3.60. The number of nitrogens with zero attached hydrogens (tertiary/aromatic N) is 6. The Morgan fingerprint density at radius 1 is 1.09 bits per heavy atom. The topological polar surface area (TPSA) is 143 Å². The molecule has 0 spiro atoms. The number of hydrogen-bond acceptors (Lipinski definition) is 9. The predicted molar refractivity (Wildman–Crippen MR) is 155 cm³/mol. The summed E-state index contributed by atoms with van der Waals surface area (Å²) >= 11 is 0. The number of likely N-dealkylation sites (N-methyl/N-ethyl adjacent to an activating group) is 1. The fourth-order valence-corrected chi connectivity index (χ4v) is 4.70. The molecule has 2 fully saturated rings. The third-order valence-corrected chi connectivity index (χ3v) is 6.72. The number of pyridine rings is 1. The normalized spacial score (nSPS) is 22.0. The molecule has 43 heavy (non-hydrogen) atoms. The number of aromatic nitrogens is 4. The Balaban J connectivity index is 0.000000255. The van der Waals surface area contributed by atoms with Crippen molar-refractivity contribution in [3.8, 4) is 0 Å².